The first-order valence-electron chi connectivity index (χ1n) is 9.79. The Morgan fingerprint density at radius 2 is 1.80 bits per heavy atom. The highest BCUT2D eigenvalue weighted by atomic mass is 32.2. The first-order chi connectivity index (χ1) is 14.6. The van der Waals surface area contributed by atoms with Gasteiger partial charge in [0.2, 0.25) is 5.91 Å². The molecule has 0 unspecified atom stereocenters. The summed E-state index contributed by atoms with van der Waals surface area (Å²) in [5, 5.41) is 7.78. The third-order valence-electron chi connectivity index (χ3n) is 4.74. The summed E-state index contributed by atoms with van der Waals surface area (Å²) in [5.74, 6) is 0.651. The Bertz CT molecular complexity index is 1090. The zero-order valence-corrected chi connectivity index (χ0v) is 18.6. The number of anilines is 2. The minimum Gasteiger partial charge on any atom is -0.354 e. The average Bonchev–Trinajstić information content (AvgIpc) is 2.77. The van der Waals surface area contributed by atoms with Crippen LogP contribution in [-0.4, -0.2) is 17.4 Å². The largest absolute Gasteiger partial charge is 0.354 e. The lowest BCUT2D eigenvalue weighted by atomic mass is 10.1. The van der Waals surface area contributed by atoms with Crippen LogP contribution in [0.2, 0.25) is 0 Å². The molecule has 6 heteroatoms. The molecule has 0 saturated heterocycles. The van der Waals surface area contributed by atoms with Crippen LogP contribution in [0.3, 0.4) is 0 Å². The molecule has 2 N–H and O–H groups in total. The van der Waals surface area contributed by atoms with Gasteiger partial charge in [-0.1, -0.05) is 47.7 Å². The third-order valence-corrected chi connectivity index (χ3v) is 6.91. The fourth-order valence-corrected chi connectivity index (χ4v) is 4.85. The van der Waals surface area contributed by atoms with Gasteiger partial charge < -0.3 is 5.32 Å². The summed E-state index contributed by atoms with van der Waals surface area (Å²) in [4.78, 5) is 15.7. The molecule has 4 nitrogen and oxygen atoms in total. The maximum atomic E-state index is 12.1. The fourth-order valence-electron chi connectivity index (χ4n) is 3.03. The molecule has 0 spiro atoms. The molecule has 3 aromatic carbocycles. The molecule has 0 radical (unpaired) electrons. The maximum absolute atomic E-state index is 12.1. The first-order valence-corrected chi connectivity index (χ1v) is 11.6. The number of nitrogens with one attached hydrogen (secondary N) is 2. The molecule has 1 heterocycles. The number of fused-ring (bicyclic) bond motifs is 2. The Morgan fingerprint density at radius 3 is 2.63 bits per heavy atom. The molecule has 0 aromatic heterocycles. The number of hydrogen-bond acceptors (Lipinski definition) is 5. The summed E-state index contributed by atoms with van der Waals surface area (Å²) in [5.41, 5.74) is 7.86. The Balaban J connectivity index is 1.32. The van der Waals surface area contributed by atoms with Crippen LogP contribution >= 0.6 is 23.5 Å². The minimum atomic E-state index is -0.0745. The topological polar surface area (TPSA) is 53.5 Å². The van der Waals surface area contributed by atoms with E-state index in [2.05, 4.69) is 71.3 Å². The Morgan fingerprint density at radius 1 is 1.03 bits per heavy atom. The van der Waals surface area contributed by atoms with Gasteiger partial charge in [0.05, 0.1) is 17.1 Å². The monoisotopic (exact) mass is 433 g/mol. The molecule has 0 fully saturated rings. The van der Waals surface area contributed by atoms with Gasteiger partial charge in [0.15, 0.2) is 0 Å². The van der Waals surface area contributed by atoms with Gasteiger partial charge in [0, 0.05) is 26.9 Å². The third kappa shape index (κ3) is 5.07. The van der Waals surface area contributed by atoms with E-state index in [9.17, 15) is 4.79 Å². The summed E-state index contributed by atoms with van der Waals surface area (Å²) in [6, 6.07) is 22.8. The summed E-state index contributed by atoms with van der Waals surface area (Å²) in [6.07, 6.45) is 0.425. The summed E-state index contributed by atoms with van der Waals surface area (Å²) >= 11 is 3.43. The quantitative estimate of drug-likeness (QED) is 0.215. The van der Waals surface area contributed by atoms with Crippen LogP contribution in [0.4, 0.5) is 11.4 Å². The second-order valence-electron chi connectivity index (χ2n) is 7.08. The predicted molar refractivity (Wildman–Crippen MR) is 127 cm³/mol. The Kier molecular flexibility index (Phi) is 6.45. The molecule has 1 amide bonds. The Labute approximate surface area is 185 Å². The van der Waals surface area contributed by atoms with E-state index in [1.807, 2.05) is 25.1 Å². The van der Waals surface area contributed by atoms with E-state index < -0.39 is 0 Å². The molecular formula is C24H23N3OS2. The van der Waals surface area contributed by atoms with Gasteiger partial charge in [-0.3, -0.25) is 4.79 Å². The maximum Gasteiger partial charge on any atom is 0.240 e. The van der Waals surface area contributed by atoms with Gasteiger partial charge >= 0.3 is 0 Å². The van der Waals surface area contributed by atoms with Crippen molar-refractivity contribution in [2.75, 3.05) is 11.1 Å². The van der Waals surface area contributed by atoms with Crippen LogP contribution in [0.5, 0.6) is 0 Å². The number of rotatable bonds is 6. The van der Waals surface area contributed by atoms with E-state index in [4.69, 9.17) is 0 Å². The van der Waals surface area contributed by atoms with Crippen molar-refractivity contribution >= 4 is 46.5 Å². The van der Waals surface area contributed by atoms with Gasteiger partial charge in [0.25, 0.3) is 0 Å². The molecule has 0 bridgehead atoms. The van der Waals surface area contributed by atoms with Crippen molar-refractivity contribution in [3.63, 3.8) is 0 Å². The number of hydrogen-bond donors (Lipinski definition) is 2. The molecule has 0 atom stereocenters. The Hall–Kier alpha value is -2.70. The van der Waals surface area contributed by atoms with E-state index in [0.717, 1.165) is 28.4 Å². The number of nitrogens with zero attached hydrogens (tertiary/aromatic N) is 1. The molecule has 0 aliphatic carbocycles. The molecule has 1 aliphatic heterocycles. The number of carbonyl (C=O) groups excluding carboxylic acids is 1. The van der Waals surface area contributed by atoms with E-state index in [-0.39, 0.29) is 5.91 Å². The summed E-state index contributed by atoms with van der Waals surface area (Å²) in [7, 11) is 0. The number of carbonyl (C=O) groups is 1. The standard InChI is InChI=1S/C24H23N3OS2/c1-16-7-10-19(11-8-16)29-14-13-24(28)27-26-17(2)18-9-12-23-21(15-18)25-20-5-3-4-6-22(20)30-23/h3-12,15,25H,13-14H2,1-2H3,(H,27,28)/b26-17+. The normalized spacial score (nSPS) is 12.5. The van der Waals surface area contributed by atoms with Crippen molar-refractivity contribution in [1.29, 1.82) is 0 Å². The van der Waals surface area contributed by atoms with Crippen molar-refractivity contribution in [2.45, 2.75) is 35.0 Å². The molecular weight excluding hydrogens is 410 g/mol. The number of benzene rings is 3. The minimum absolute atomic E-state index is 0.0745. The van der Waals surface area contributed by atoms with E-state index >= 15 is 0 Å². The highest BCUT2D eigenvalue weighted by Crippen LogP contribution is 2.44. The SMILES string of the molecule is C/C(=N\NC(=O)CCSc1ccc(C)cc1)c1ccc2c(c1)Nc1ccccc1S2. The number of para-hydroxylation sites is 1. The van der Waals surface area contributed by atoms with Crippen molar-refractivity contribution < 1.29 is 4.79 Å². The molecule has 152 valence electrons. The van der Waals surface area contributed by atoms with Crippen LogP contribution in [0.25, 0.3) is 0 Å². The van der Waals surface area contributed by atoms with Crippen molar-refractivity contribution in [2.24, 2.45) is 5.10 Å². The van der Waals surface area contributed by atoms with Crippen LogP contribution in [0, 0.1) is 6.92 Å². The molecule has 30 heavy (non-hydrogen) atoms. The van der Waals surface area contributed by atoms with E-state index in [0.29, 0.717) is 6.42 Å². The fraction of sp³-hybridized carbons (Fsp3) is 0.167. The number of aryl methyl sites for hydroxylation is 1. The van der Waals surface area contributed by atoms with Crippen LogP contribution in [-0.2, 0) is 4.79 Å². The van der Waals surface area contributed by atoms with Crippen LogP contribution < -0.4 is 10.7 Å². The van der Waals surface area contributed by atoms with E-state index in [1.165, 1.54) is 20.2 Å². The van der Waals surface area contributed by atoms with Gasteiger partial charge in [0.1, 0.15) is 0 Å². The first kappa shape index (κ1) is 20.6. The molecule has 4 rings (SSSR count). The van der Waals surface area contributed by atoms with Crippen molar-refractivity contribution in [1.82, 2.24) is 5.43 Å². The smallest absolute Gasteiger partial charge is 0.240 e. The van der Waals surface area contributed by atoms with Gasteiger partial charge in [-0.15, -0.1) is 11.8 Å². The van der Waals surface area contributed by atoms with Crippen molar-refractivity contribution in [3.8, 4) is 0 Å². The zero-order chi connectivity index (χ0) is 20.9. The van der Waals surface area contributed by atoms with Crippen LogP contribution in [0.15, 0.2) is 86.5 Å². The van der Waals surface area contributed by atoms with Crippen molar-refractivity contribution in [3.05, 3.63) is 77.9 Å². The van der Waals surface area contributed by atoms with Gasteiger partial charge in [-0.2, -0.15) is 5.10 Å². The highest BCUT2D eigenvalue weighted by molar-refractivity contribution is 7.99. The van der Waals surface area contributed by atoms with Gasteiger partial charge in [-0.05, 0) is 55.8 Å². The number of hydrazone groups is 1. The lowest BCUT2D eigenvalue weighted by Crippen LogP contribution is -2.19. The highest BCUT2D eigenvalue weighted by Gasteiger charge is 2.15. The predicted octanol–water partition coefficient (Wildman–Crippen LogP) is 6.23. The molecule has 0 saturated carbocycles. The lowest BCUT2D eigenvalue weighted by molar-refractivity contribution is -0.120. The van der Waals surface area contributed by atoms with Gasteiger partial charge in [-0.25, -0.2) is 5.43 Å². The lowest BCUT2D eigenvalue weighted by Gasteiger charge is -2.21. The summed E-state index contributed by atoms with van der Waals surface area (Å²) < 4.78 is 0. The summed E-state index contributed by atoms with van der Waals surface area (Å²) in [6.45, 7) is 3.98. The number of thioether (sulfide) groups is 1. The van der Waals surface area contributed by atoms with E-state index in [1.54, 1.807) is 23.5 Å². The number of amides is 1. The molecule has 1 aliphatic rings. The second kappa shape index (κ2) is 9.41. The molecule has 3 aromatic rings. The average molecular weight is 434 g/mol. The zero-order valence-electron chi connectivity index (χ0n) is 16.9. The van der Waals surface area contributed by atoms with Crippen LogP contribution in [0.1, 0.15) is 24.5 Å². The second-order valence-corrected chi connectivity index (χ2v) is 9.33.